The molecule has 2 amide bonds. The summed E-state index contributed by atoms with van der Waals surface area (Å²) in [7, 11) is 0. The summed E-state index contributed by atoms with van der Waals surface area (Å²) in [6, 6.07) is 22.7. The normalized spacial score (nSPS) is 22.9. The summed E-state index contributed by atoms with van der Waals surface area (Å²) >= 11 is 3.53. The van der Waals surface area contributed by atoms with E-state index in [9.17, 15) is 9.59 Å². The fraction of sp³-hybridized carbons (Fsp3) is 0.200. The zero-order valence-corrected chi connectivity index (χ0v) is 18.7. The maximum Gasteiger partial charge on any atom is 0.266 e. The number of nitrogens with zero attached hydrogens (tertiary/aromatic N) is 2. The van der Waals surface area contributed by atoms with E-state index < -0.39 is 18.1 Å². The van der Waals surface area contributed by atoms with E-state index in [0.717, 1.165) is 26.9 Å². The summed E-state index contributed by atoms with van der Waals surface area (Å²) in [5, 5.41) is 1.71. The number of benzene rings is 3. The monoisotopic (exact) mass is 476 g/mol. The van der Waals surface area contributed by atoms with Gasteiger partial charge in [0.25, 0.3) is 5.91 Å². The third-order valence-electron chi connectivity index (χ3n) is 5.91. The molecule has 5 nitrogen and oxygen atoms in total. The Kier molecular flexibility index (Phi) is 4.91. The molecule has 2 aliphatic rings. The molecule has 156 valence electrons. The number of amides is 2. The molecule has 0 N–H and O–H groups in total. The Bertz CT molecular complexity index is 1180. The molecule has 0 aliphatic carbocycles. The van der Waals surface area contributed by atoms with Crippen LogP contribution in [-0.2, 0) is 14.4 Å². The SMILES string of the molecule is Cc1ccc(N2C(=O)[C@@H]3[C@H](ON(c4ccccc4)[C@H]3c3cccc(Br)c3)C2=O)c(C)c1. The summed E-state index contributed by atoms with van der Waals surface area (Å²) in [6.45, 7) is 3.91. The maximum absolute atomic E-state index is 13.7. The highest BCUT2D eigenvalue weighted by Gasteiger charge is 2.60. The number of carbonyl (C=O) groups excluding carboxylic acids is 2. The lowest BCUT2D eigenvalue weighted by Gasteiger charge is -2.29. The fourth-order valence-corrected chi connectivity index (χ4v) is 4.95. The van der Waals surface area contributed by atoms with E-state index in [0.29, 0.717) is 5.69 Å². The van der Waals surface area contributed by atoms with Crippen LogP contribution < -0.4 is 9.96 Å². The Morgan fingerprint density at radius 2 is 1.65 bits per heavy atom. The molecule has 0 bridgehead atoms. The Labute approximate surface area is 189 Å². The molecule has 0 radical (unpaired) electrons. The van der Waals surface area contributed by atoms with Crippen molar-refractivity contribution in [3.8, 4) is 0 Å². The molecule has 5 rings (SSSR count). The summed E-state index contributed by atoms with van der Waals surface area (Å²) in [4.78, 5) is 34.6. The van der Waals surface area contributed by atoms with E-state index in [1.807, 2.05) is 86.6 Å². The third-order valence-corrected chi connectivity index (χ3v) is 6.40. The van der Waals surface area contributed by atoms with Crippen molar-refractivity contribution in [3.05, 3.63) is 94.0 Å². The van der Waals surface area contributed by atoms with Gasteiger partial charge in [0.2, 0.25) is 5.91 Å². The number of fused-ring (bicyclic) bond motifs is 1. The molecule has 6 heteroatoms. The van der Waals surface area contributed by atoms with Gasteiger partial charge in [-0.05, 0) is 55.3 Å². The number of rotatable bonds is 3. The van der Waals surface area contributed by atoms with E-state index in [1.165, 1.54) is 4.90 Å². The van der Waals surface area contributed by atoms with Crippen molar-refractivity contribution >= 4 is 39.1 Å². The predicted octanol–water partition coefficient (Wildman–Crippen LogP) is 5.12. The Balaban J connectivity index is 1.60. The molecule has 3 aromatic rings. The molecule has 31 heavy (non-hydrogen) atoms. The first-order valence-electron chi connectivity index (χ1n) is 10.2. The maximum atomic E-state index is 13.7. The second-order valence-corrected chi connectivity index (χ2v) is 8.93. The first-order chi connectivity index (χ1) is 15.0. The Morgan fingerprint density at radius 3 is 2.35 bits per heavy atom. The summed E-state index contributed by atoms with van der Waals surface area (Å²) in [5.74, 6) is -1.19. The van der Waals surface area contributed by atoms with Crippen LogP contribution in [-0.4, -0.2) is 17.9 Å². The molecule has 0 saturated carbocycles. The van der Waals surface area contributed by atoms with Gasteiger partial charge in [-0.2, -0.15) is 0 Å². The smallest absolute Gasteiger partial charge is 0.266 e. The number of carbonyl (C=O) groups is 2. The van der Waals surface area contributed by atoms with Gasteiger partial charge >= 0.3 is 0 Å². The fourth-order valence-electron chi connectivity index (χ4n) is 4.54. The number of anilines is 2. The standard InChI is InChI=1S/C25H21BrN2O3/c1-15-11-12-20(16(2)13-15)27-24(29)21-22(17-7-6-8-18(26)14-17)28(31-23(21)25(27)30)19-9-4-3-5-10-19/h3-14,21-23H,1-2H3/t21-,22-,23-/m0/s1. The first-order valence-corrected chi connectivity index (χ1v) is 11.0. The van der Waals surface area contributed by atoms with Crippen LogP contribution in [0.3, 0.4) is 0 Å². The second kappa shape index (κ2) is 7.62. The molecule has 0 unspecified atom stereocenters. The number of aryl methyl sites for hydroxylation is 2. The van der Waals surface area contributed by atoms with E-state index in [-0.39, 0.29) is 11.8 Å². The van der Waals surface area contributed by atoms with Crippen LogP contribution in [0, 0.1) is 19.8 Å². The van der Waals surface area contributed by atoms with Gasteiger partial charge in [-0.15, -0.1) is 0 Å². The van der Waals surface area contributed by atoms with Crippen LogP contribution in [0.15, 0.2) is 77.3 Å². The molecule has 2 heterocycles. The molecule has 0 aromatic heterocycles. The molecule has 3 aromatic carbocycles. The van der Waals surface area contributed by atoms with Crippen LogP contribution >= 0.6 is 15.9 Å². The van der Waals surface area contributed by atoms with Crippen molar-refractivity contribution < 1.29 is 14.4 Å². The number of halogens is 1. The molecular weight excluding hydrogens is 456 g/mol. The summed E-state index contributed by atoms with van der Waals surface area (Å²) in [6.07, 6.45) is -0.864. The van der Waals surface area contributed by atoms with Gasteiger partial charge in [-0.1, -0.05) is 64.0 Å². The largest absolute Gasteiger partial charge is 0.273 e. The Hall–Kier alpha value is -2.96. The van der Waals surface area contributed by atoms with Crippen molar-refractivity contribution in [1.29, 1.82) is 0 Å². The second-order valence-electron chi connectivity index (χ2n) is 8.01. The average molecular weight is 477 g/mol. The van der Waals surface area contributed by atoms with Gasteiger partial charge < -0.3 is 0 Å². The lowest BCUT2D eigenvalue weighted by atomic mass is 9.90. The highest BCUT2D eigenvalue weighted by atomic mass is 79.9. The van der Waals surface area contributed by atoms with Crippen molar-refractivity contribution in [2.75, 3.05) is 9.96 Å². The van der Waals surface area contributed by atoms with E-state index >= 15 is 0 Å². The molecule has 2 saturated heterocycles. The topological polar surface area (TPSA) is 49.9 Å². The van der Waals surface area contributed by atoms with Crippen LogP contribution in [0.25, 0.3) is 0 Å². The van der Waals surface area contributed by atoms with Gasteiger partial charge in [0.1, 0.15) is 5.92 Å². The van der Waals surface area contributed by atoms with Crippen molar-refractivity contribution in [2.45, 2.75) is 26.0 Å². The number of hydrogen-bond donors (Lipinski definition) is 0. The van der Waals surface area contributed by atoms with Gasteiger partial charge in [-0.3, -0.25) is 14.4 Å². The van der Waals surface area contributed by atoms with Gasteiger partial charge in [0.05, 0.1) is 17.4 Å². The van der Waals surface area contributed by atoms with Gasteiger partial charge in [0, 0.05) is 4.47 Å². The molecule has 2 fully saturated rings. The van der Waals surface area contributed by atoms with Crippen LogP contribution in [0.1, 0.15) is 22.7 Å². The quantitative estimate of drug-likeness (QED) is 0.492. The number of imide groups is 1. The summed E-state index contributed by atoms with van der Waals surface area (Å²) < 4.78 is 0.907. The minimum atomic E-state index is -0.864. The minimum Gasteiger partial charge on any atom is -0.273 e. The van der Waals surface area contributed by atoms with Crippen molar-refractivity contribution in [2.24, 2.45) is 5.92 Å². The average Bonchev–Trinajstić information content (AvgIpc) is 3.26. The number of para-hydroxylation sites is 1. The lowest BCUT2D eigenvalue weighted by Crippen LogP contribution is -2.37. The lowest BCUT2D eigenvalue weighted by molar-refractivity contribution is -0.126. The van der Waals surface area contributed by atoms with E-state index in [2.05, 4.69) is 15.9 Å². The van der Waals surface area contributed by atoms with Crippen LogP contribution in [0.4, 0.5) is 11.4 Å². The van der Waals surface area contributed by atoms with Crippen LogP contribution in [0.5, 0.6) is 0 Å². The van der Waals surface area contributed by atoms with E-state index in [1.54, 1.807) is 5.06 Å². The minimum absolute atomic E-state index is 0.231. The first kappa shape index (κ1) is 20.0. The number of hydroxylamine groups is 1. The zero-order chi connectivity index (χ0) is 21.7. The highest BCUT2D eigenvalue weighted by Crippen LogP contribution is 2.48. The predicted molar refractivity (Wildman–Crippen MR) is 123 cm³/mol. The Morgan fingerprint density at radius 1 is 0.871 bits per heavy atom. The molecule has 2 aliphatic heterocycles. The molecule has 3 atom stereocenters. The summed E-state index contributed by atoms with van der Waals surface area (Å²) in [5.41, 5.74) is 4.31. The molecular formula is C25H21BrN2O3. The number of hydrogen-bond acceptors (Lipinski definition) is 4. The zero-order valence-electron chi connectivity index (χ0n) is 17.2. The molecule has 0 spiro atoms. The highest BCUT2D eigenvalue weighted by molar-refractivity contribution is 9.10. The van der Waals surface area contributed by atoms with Gasteiger partial charge in [0.15, 0.2) is 6.10 Å². The van der Waals surface area contributed by atoms with Gasteiger partial charge in [-0.25, -0.2) is 9.96 Å². The van der Waals surface area contributed by atoms with Crippen LogP contribution in [0.2, 0.25) is 0 Å². The third kappa shape index (κ3) is 3.27. The van der Waals surface area contributed by atoms with Crippen molar-refractivity contribution in [1.82, 2.24) is 0 Å². The van der Waals surface area contributed by atoms with E-state index in [4.69, 9.17) is 4.84 Å². The van der Waals surface area contributed by atoms with Crippen molar-refractivity contribution in [3.63, 3.8) is 0 Å².